The number of carbonyl (C=O) groups excluding carboxylic acids is 2. The number of ketones is 1. The number of rotatable bonds is 7. The zero-order chi connectivity index (χ0) is 12.7. The van der Waals surface area contributed by atoms with Gasteiger partial charge in [0.15, 0.2) is 5.78 Å². The van der Waals surface area contributed by atoms with Gasteiger partial charge in [0.05, 0.1) is 13.1 Å². The van der Waals surface area contributed by atoms with Crippen molar-refractivity contribution in [2.75, 3.05) is 13.1 Å². The molecule has 0 radical (unpaired) electrons. The van der Waals surface area contributed by atoms with Gasteiger partial charge in [-0.15, -0.1) is 0 Å². The molecule has 1 aromatic rings. The second-order valence-corrected chi connectivity index (χ2v) is 4.30. The molecule has 4 nitrogen and oxygen atoms in total. The zero-order valence-corrected chi connectivity index (χ0v) is 10.1. The van der Waals surface area contributed by atoms with E-state index in [1.54, 1.807) is 13.0 Å². The van der Waals surface area contributed by atoms with Crippen molar-refractivity contribution in [2.24, 2.45) is 0 Å². The number of hydrogen-bond acceptors (Lipinski definition) is 4. The molecule has 0 aliphatic heterocycles. The molecular formula is C11H13FN2O2S. The van der Waals surface area contributed by atoms with Crippen LogP contribution in [0.5, 0.6) is 0 Å². The Morgan fingerprint density at radius 3 is 2.88 bits per heavy atom. The number of Topliss-reactive ketones (excluding diaryl/α,β-unsaturated/α-hetero) is 1. The highest BCUT2D eigenvalue weighted by atomic mass is 32.2. The summed E-state index contributed by atoms with van der Waals surface area (Å²) in [6.45, 7) is 1.95. The maximum absolute atomic E-state index is 12.8. The molecule has 0 fully saturated rings. The third-order valence-corrected chi connectivity index (χ3v) is 2.94. The largest absolute Gasteiger partial charge is 0.352 e. The molecule has 0 aliphatic carbocycles. The lowest BCUT2D eigenvalue weighted by atomic mass is 10.2. The van der Waals surface area contributed by atoms with Crippen LogP contribution in [0.1, 0.15) is 5.56 Å². The van der Waals surface area contributed by atoms with E-state index in [-0.39, 0.29) is 24.7 Å². The van der Waals surface area contributed by atoms with Crippen LogP contribution < -0.4 is 10.0 Å². The van der Waals surface area contributed by atoms with Crippen molar-refractivity contribution in [2.45, 2.75) is 11.8 Å². The predicted molar refractivity (Wildman–Crippen MR) is 64.1 cm³/mol. The number of benzene rings is 1. The van der Waals surface area contributed by atoms with Crippen LogP contribution in [0.15, 0.2) is 23.1 Å². The average Bonchev–Trinajstić information content (AvgIpc) is 2.29. The molecule has 17 heavy (non-hydrogen) atoms. The Morgan fingerprint density at radius 1 is 1.47 bits per heavy atom. The molecule has 1 rings (SSSR count). The summed E-state index contributed by atoms with van der Waals surface area (Å²) in [6.07, 6.45) is 0.481. The van der Waals surface area contributed by atoms with Crippen LogP contribution in [-0.4, -0.2) is 25.3 Å². The lowest BCUT2D eigenvalue weighted by Crippen LogP contribution is -2.28. The highest BCUT2D eigenvalue weighted by Crippen LogP contribution is 2.19. The van der Waals surface area contributed by atoms with Crippen LogP contribution in [0.4, 0.5) is 4.39 Å². The number of amides is 1. The lowest BCUT2D eigenvalue weighted by molar-refractivity contribution is -0.119. The molecule has 0 spiro atoms. The van der Waals surface area contributed by atoms with Gasteiger partial charge in [-0.2, -0.15) is 0 Å². The molecule has 0 aliphatic rings. The minimum absolute atomic E-state index is 0.0134. The predicted octanol–water partition coefficient (Wildman–Crippen LogP) is 1.05. The molecule has 0 saturated heterocycles. The van der Waals surface area contributed by atoms with E-state index in [0.717, 1.165) is 10.5 Å². The normalized spacial score (nSPS) is 10.0. The summed E-state index contributed by atoms with van der Waals surface area (Å²) < 4.78 is 15.7. The minimum atomic E-state index is -0.280. The summed E-state index contributed by atoms with van der Waals surface area (Å²) in [5.74, 6) is -0.400. The van der Waals surface area contributed by atoms with E-state index in [4.69, 9.17) is 0 Å². The summed E-state index contributed by atoms with van der Waals surface area (Å²) in [6, 6.07) is 4.45. The highest BCUT2D eigenvalue weighted by Gasteiger charge is 2.03. The van der Waals surface area contributed by atoms with Crippen molar-refractivity contribution in [3.8, 4) is 0 Å². The van der Waals surface area contributed by atoms with E-state index < -0.39 is 0 Å². The second-order valence-electron chi connectivity index (χ2n) is 3.37. The van der Waals surface area contributed by atoms with Crippen LogP contribution in [0, 0.1) is 12.7 Å². The molecular weight excluding hydrogens is 243 g/mol. The average molecular weight is 256 g/mol. The Hall–Kier alpha value is -1.40. The van der Waals surface area contributed by atoms with Crippen LogP contribution >= 0.6 is 11.9 Å². The molecule has 6 heteroatoms. The first-order chi connectivity index (χ1) is 8.13. The van der Waals surface area contributed by atoms with Gasteiger partial charge in [0.25, 0.3) is 0 Å². The molecule has 0 saturated carbocycles. The molecule has 0 heterocycles. The van der Waals surface area contributed by atoms with Crippen LogP contribution in [0.25, 0.3) is 0 Å². The van der Waals surface area contributed by atoms with Gasteiger partial charge in [0.1, 0.15) is 5.82 Å². The van der Waals surface area contributed by atoms with Gasteiger partial charge in [-0.25, -0.2) is 4.39 Å². The Labute approximate surface area is 103 Å². The van der Waals surface area contributed by atoms with Gasteiger partial charge in [0.2, 0.25) is 6.41 Å². The van der Waals surface area contributed by atoms with Gasteiger partial charge in [-0.1, -0.05) is 0 Å². The number of halogens is 1. The molecule has 0 atom stereocenters. The van der Waals surface area contributed by atoms with Crippen molar-refractivity contribution in [3.63, 3.8) is 0 Å². The fourth-order valence-corrected chi connectivity index (χ4v) is 1.88. The summed E-state index contributed by atoms with van der Waals surface area (Å²) in [5, 5.41) is 2.29. The van der Waals surface area contributed by atoms with Crippen LogP contribution in [0.3, 0.4) is 0 Å². The summed E-state index contributed by atoms with van der Waals surface area (Å²) in [5.41, 5.74) is 0.806. The molecule has 0 unspecified atom stereocenters. The maximum Gasteiger partial charge on any atom is 0.207 e. The van der Waals surface area contributed by atoms with Crippen molar-refractivity contribution < 1.29 is 14.0 Å². The van der Waals surface area contributed by atoms with E-state index >= 15 is 0 Å². The highest BCUT2D eigenvalue weighted by molar-refractivity contribution is 7.97. The van der Waals surface area contributed by atoms with Gasteiger partial charge >= 0.3 is 0 Å². The first-order valence-corrected chi connectivity index (χ1v) is 5.79. The first-order valence-electron chi connectivity index (χ1n) is 4.98. The summed E-state index contributed by atoms with van der Waals surface area (Å²) in [4.78, 5) is 22.0. The fraction of sp³-hybridized carbons (Fsp3) is 0.273. The molecule has 92 valence electrons. The van der Waals surface area contributed by atoms with Gasteiger partial charge < -0.3 is 5.32 Å². The van der Waals surface area contributed by atoms with Crippen LogP contribution in [-0.2, 0) is 9.59 Å². The maximum atomic E-state index is 12.8. The summed E-state index contributed by atoms with van der Waals surface area (Å²) >= 11 is 1.26. The molecule has 1 amide bonds. The third kappa shape index (κ3) is 4.97. The first kappa shape index (κ1) is 13.7. The number of hydrogen-bond donors (Lipinski definition) is 2. The van der Waals surface area contributed by atoms with E-state index in [0.29, 0.717) is 6.41 Å². The fourth-order valence-electron chi connectivity index (χ4n) is 1.14. The molecule has 0 aromatic heterocycles. The van der Waals surface area contributed by atoms with E-state index in [9.17, 15) is 14.0 Å². The SMILES string of the molecule is Cc1cc(F)ccc1SNCC(=O)CNC=O. The van der Waals surface area contributed by atoms with E-state index in [1.807, 2.05) is 0 Å². The van der Waals surface area contributed by atoms with Crippen molar-refractivity contribution in [3.05, 3.63) is 29.6 Å². The van der Waals surface area contributed by atoms with Crippen molar-refractivity contribution in [1.29, 1.82) is 0 Å². The second kappa shape index (κ2) is 7.03. The Bertz CT molecular complexity index is 412. The molecule has 0 bridgehead atoms. The quantitative estimate of drug-likeness (QED) is 0.565. The van der Waals surface area contributed by atoms with E-state index in [2.05, 4.69) is 10.0 Å². The monoisotopic (exact) mass is 256 g/mol. The third-order valence-electron chi connectivity index (χ3n) is 1.97. The number of aryl methyl sites for hydroxylation is 1. The standard InChI is InChI=1S/C11H13FN2O2S/c1-8-4-9(12)2-3-11(8)17-14-6-10(16)5-13-7-15/h2-4,7,14H,5-6H2,1H3,(H,13,15). The van der Waals surface area contributed by atoms with Crippen molar-refractivity contribution >= 4 is 24.1 Å². The number of nitrogens with one attached hydrogen (secondary N) is 2. The summed E-state index contributed by atoms with van der Waals surface area (Å²) in [7, 11) is 0. The van der Waals surface area contributed by atoms with Gasteiger partial charge in [0, 0.05) is 4.90 Å². The van der Waals surface area contributed by atoms with E-state index in [1.165, 1.54) is 24.1 Å². The Kier molecular flexibility index (Phi) is 5.65. The zero-order valence-electron chi connectivity index (χ0n) is 9.33. The van der Waals surface area contributed by atoms with Gasteiger partial charge in [-0.05, 0) is 42.6 Å². The smallest absolute Gasteiger partial charge is 0.207 e. The Morgan fingerprint density at radius 2 is 2.24 bits per heavy atom. The Balaban J connectivity index is 2.35. The topological polar surface area (TPSA) is 58.2 Å². The lowest BCUT2D eigenvalue weighted by Gasteiger charge is -2.06. The minimum Gasteiger partial charge on any atom is -0.352 e. The molecule has 2 N–H and O–H groups in total. The number of carbonyl (C=O) groups is 2. The van der Waals surface area contributed by atoms with Gasteiger partial charge in [-0.3, -0.25) is 14.3 Å². The van der Waals surface area contributed by atoms with Crippen LogP contribution in [0.2, 0.25) is 0 Å². The molecule has 1 aromatic carbocycles. The van der Waals surface area contributed by atoms with Crippen molar-refractivity contribution in [1.82, 2.24) is 10.0 Å².